The van der Waals surface area contributed by atoms with Crippen LogP contribution in [0.15, 0.2) is 59.7 Å². The van der Waals surface area contributed by atoms with Crippen LogP contribution in [-0.4, -0.2) is 23.5 Å². The Bertz CT molecular complexity index is 685. The van der Waals surface area contributed by atoms with Gasteiger partial charge in [-0.05, 0) is 56.2 Å². The number of benzene rings is 2. The van der Waals surface area contributed by atoms with E-state index in [0.717, 1.165) is 17.1 Å². The maximum Gasteiger partial charge on any atom is 0.252 e. The highest BCUT2D eigenvalue weighted by molar-refractivity contribution is 7.99. The molecule has 132 valence electrons. The number of rotatable bonds is 8. The van der Waals surface area contributed by atoms with Gasteiger partial charge in [-0.25, -0.2) is 5.43 Å². The van der Waals surface area contributed by atoms with E-state index >= 15 is 0 Å². The van der Waals surface area contributed by atoms with Crippen molar-refractivity contribution < 1.29 is 9.53 Å². The standard InChI is InChI=1S/C20H24N2O2S/c1-15(2)24-19-11-9-17(10-12-19)13-21-22-20(23)16(3)25-14-18-7-5-4-6-8-18/h4-13,15-16H,14H2,1-3H3,(H,22,23)/b21-13-/t16-/m1/s1. The summed E-state index contributed by atoms with van der Waals surface area (Å²) in [7, 11) is 0. The molecule has 0 aliphatic heterocycles. The van der Waals surface area contributed by atoms with Crippen LogP contribution in [-0.2, 0) is 10.5 Å². The predicted molar refractivity (Wildman–Crippen MR) is 105 cm³/mol. The van der Waals surface area contributed by atoms with Gasteiger partial charge in [-0.15, -0.1) is 11.8 Å². The molecule has 2 aromatic carbocycles. The van der Waals surface area contributed by atoms with Crippen molar-refractivity contribution in [3.63, 3.8) is 0 Å². The molecule has 0 aliphatic carbocycles. The van der Waals surface area contributed by atoms with Crippen LogP contribution in [0.4, 0.5) is 0 Å². The van der Waals surface area contributed by atoms with Crippen LogP contribution in [0.3, 0.4) is 0 Å². The van der Waals surface area contributed by atoms with Gasteiger partial charge in [0.05, 0.1) is 17.6 Å². The molecule has 0 aromatic heterocycles. The van der Waals surface area contributed by atoms with E-state index in [0.29, 0.717) is 0 Å². The molecule has 0 saturated carbocycles. The molecule has 1 N–H and O–H groups in total. The van der Waals surface area contributed by atoms with Gasteiger partial charge in [-0.1, -0.05) is 30.3 Å². The molecular weight excluding hydrogens is 332 g/mol. The zero-order valence-corrected chi connectivity index (χ0v) is 15.6. The summed E-state index contributed by atoms with van der Waals surface area (Å²) in [6.07, 6.45) is 1.78. The lowest BCUT2D eigenvalue weighted by Crippen LogP contribution is -2.26. The van der Waals surface area contributed by atoms with E-state index in [4.69, 9.17) is 4.74 Å². The Labute approximate surface area is 153 Å². The third kappa shape index (κ3) is 7.01. The molecule has 1 atom stereocenters. The van der Waals surface area contributed by atoms with Gasteiger partial charge in [0.15, 0.2) is 0 Å². The molecule has 25 heavy (non-hydrogen) atoms. The van der Waals surface area contributed by atoms with Crippen LogP contribution >= 0.6 is 11.8 Å². The number of carbonyl (C=O) groups excluding carboxylic acids is 1. The van der Waals surface area contributed by atoms with Gasteiger partial charge in [0, 0.05) is 5.75 Å². The molecule has 0 aliphatic rings. The summed E-state index contributed by atoms with van der Waals surface area (Å²) in [5.41, 5.74) is 4.70. The summed E-state index contributed by atoms with van der Waals surface area (Å²) in [5, 5.41) is 3.86. The van der Waals surface area contributed by atoms with Crippen molar-refractivity contribution >= 4 is 23.9 Å². The fourth-order valence-corrected chi connectivity index (χ4v) is 2.88. The second-order valence-corrected chi connectivity index (χ2v) is 7.24. The summed E-state index contributed by atoms with van der Waals surface area (Å²) in [6, 6.07) is 17.7. The molecule has 1 amide bonds. The average molecular weight is 356 g/mol. The number of nitrogens with one attached hydrogen (secondary N) is 1. The molecule has 0 bridgehead atoms. The first-order valence-corrected chi connectivity index (χ1v) is 9.34. The molecule has 0 fully saturated rings. The highest BCUT2D eigenvalue weighted by Gasteiger charge is 2.12. The van der Waals surface area contributed by atoms with Gasteiger partial charge in [0.25, 0.3) is 5.91 Å². The number of amides is 1. The maximum atomic E-state index is 12.1. The summed E-state index contributed by atoms with van der Waals surface area (Å²) >= 11 is 1.59. The third-order valence-corrected chi connectivity index (χ3v) is 4.57. The van der Waals surface area contributed by atoms with Crippen LogP contribution in [0.25, 0.3) is 0 Å². The quantitative estimate of drug-likeness (QED) is 0.568. The van der Waals surface area contributed by atoms with Gasteiger partial charge >= 0.3 is 0 Å². The minimum Gasteiger partial charge on any atom is -0.491 e. The highest BCUT2D eigenvalue weighted by Crippen LogP contribution is 2.17. The van der Waals surface area contributed by atoms with Crippen molar-refractivity contribution in [2.75, 3.05) is 0 Å². The first kappa shape index (κ1) is 19.1. The number of thioether (sulfide) groups is 1. The Morgan fingerprint density at radius 2 is 1.80 bits per heavy atom. The lowest BCUT2D eigenvalue weighted by Gasteiger charge is -2.10. The molecule has 0 saturated heterocycles. The second kappa shape index (κ2) is 9.89. The number of ether oxygens (including phenoxy) is 1. The van der Waals surface area contributed by atoms with Crippen LogP contribution in [0.5, 0.6) is 5.75 Å². The Hall–Kier alpha value is -2.27. The minimum atomic E-state index is -0.167. The van der Waals surface area contributed by atoms with Gasteiger partial charge < -0.3 is 4.74 Å². The topological polar surface area (TPSA) is 50.7 Å². The second-order valence-electron chi connectivity index (χ2n) is 5.91. The molecule has 2 rings (SSSR count). The van der Waals surface area contributed by atoms with E-state index in [1.807, 2.05) is 63.2 Å². The van der Waals surface area contributed by atoms with E-state index in [1.165, 1.54) is 5.56 Å². The van der Waals surface area contributed by atoms with Crippen molar-refractivity contribution in [1.82, 2.24) is 5.43 Å². The summed E-state index contributed by atoms with van der Waals surface area (Å²) in [4.78, 5) is 12.1. The lowest BCUT2D eigenvalue weighted by molar-refractivity contribution is -0.120. The molecule has 0 unspecified atom stereocenters. The van der Waals surface area contributed by atoms with Gasteiger partial charge in [0.2, 0.25) is 0 Å². The van der Waals surface area contributed by atoms with Crippen LogP contribution in [0.1, 0.15) is 31.9 Å². The SMILES string of the molecule is CC(C)Oc1ccc(/C=N\NC(=O)[C@@H](C)SCc2ccccc2)cc1. The summed E-state index contributed by atoms with van der Waals surface area (Å²) in [5.74, 6) is 1.52. The number of nitrogens with zero attached hydrogens (tertiary/aromatic N) is 1. The van der Waals surface area contributed by atoms with Gasteiger partial charge in [-0.3, -0.25) is 4.79 Å². The van der Waals surface area contributed by atoms with Crippen molar-refractivity contribution in [2.24, 2.45) is 5.10 Å². The summed E-state index contributed by atoms with van der Waals surface area (Å²) in [6.45, 7) is 5.86. The molecule has 0 heterocycles. The predicted octanol–water partition coefficient (Wildman–Crippen LogP) is 4.25. The molecule has 5 heteroatoms. The van der Waals surface area contributed by atoms with Crippen LogP contribution in [0, 0.1) is 0 Å². The van der Waals surface area contributed by atoms with Gasteiger partial charge in [0.1, 0.15) is 5.75 Å². The molecular formula is C20H24N2O2S. The van der Waals surface area contributed by atoms with E-state index in [9.17, 15) is 4.79 Å². The molecule has 4 nitrogen and oxygen atoms in total. The fraction of sp³-hybridized carbons (Fsp3) is 0.300. The minimum absolute atomic E-state index is 0.100. The number of carbonyl (C=O) groups is 1. The zero-order valence-electron chi connectivity index (χ0n) is 14.8. The number of hydrazone groups is 1. The summed E-state index contributed by atoms with van der Waals surface area (Å²) < 4.78 is 5.59. The van der Waals surface area contributed by atoms with Gasteiger partial charge in [-0.2, -0.15) is 5.10 Å². The maximum absolute atomic E-state index is 12.1. The zero-order chi connectivity index (χ0) is 18.1. The third-order valence-electron chi connectivity index (χ3n) is 3.35. The first-order chi connectivity index (χ1) is 12.0. The fourth-order valence-electron chi connectivity index (χ4n) is 2.04. The van der Waals surface area contributed by atoms with Crippen molar-refractivity contribution in [1.29, 1.82) is 0 Å². The van der Waals surface area contributed by atoms with E-state index < -0.39 is 0 Å². The van der Waals surface area contributed by atoms with Crippen LogP contribution < -0.4 is 10.2 Å². The van der Waals surface area contributed by atoms with Crippen molar-refractivity contribution in [3.8, 4) is 5.75 Å². The molecule has 0 radical (unpaired) electrons. The molecule has 0 spiro atoms. The van der Waals surface area contributed by atoms with E-state index in [-0.39, 0.29) is 17.3 Å². The smallest absolute Gasteiger partial charge is 0.252 e. The van der Waals surface area contributed by atoms with Crippen molar-refractivity contribution in [3.05, 3.63) is 65.7 Å². The van der Waals surface area contributed by atoms with E-state index in [1.54, 1.807) is 18.0 Å². The van der Waals surface area contributed by atoms with Crippen molar-refractivity contribution in [2.45, 2.75) is 37.9 Å². The lowest BCUT2D eigenvalue weighted by atomic mass is 10.2. The monoisotopic (exact) mass is 356 g/mol. The number of hydrogen-bond donors (Lipinski definition) is 1. The first-order valence-electron chi connectivity index (χ1n) is 8.30. The van der Waals surface area contributed by atoms with E-state index in [2.05, 4.69) is 22.7 Å². The Balaban J connectivity index is 1.77. The Morgan fingerprint density at radius 1 is 1.12 bits per heavy atom. The Kier molecular flexibility index (Phi) is 7.54. The molecule has 2 aromatic rings. The number of hydrogen-bond acceptors (Lipinski definition) is 4. The Morgan fingerprint density at radius 3 is 2.44 bits per heavy atom. The highest BCUT2D eigenvalue weighted by atomic mass is 32.2. The average Bonchev–Trinajstić information content (AvgIpc) is 2.61. The normalized spacial score (nSPS) is 12.3. The largest absolute Gasteiger partial charge is 0.491 e. The van der Waals surface area contributed by atoms with Crippen LogP contribution in [0.2, 0.25) is 0 Å².